The van der Waals surface area contributed by atoms with Crippen LogP contribution in [0, 0.1) is 6.92 Å². The largest absolute Gasteiger partial charge is 0.461 e. The van der Waals surface area contributed by atoms with E-state index in [0.29, 0.717) is 6.04 Å². The van der Waals surface area contributed by atoms with Crippen LogP contribution in [0.4, 0.5) is 0 Å². The topological polar surface area (TPSA) is 49.6 Å². The van der Waals surface area contributed by atoms with E-state index in [0.717, 1.165) is 61.3 Å². The Hall–Kier alpha value is -2.66. The molecule has 0 saturated carbocycles. The van der Waals surface area contributed by atoms with E-state index in [9.17, 15) is 4.79 Å². The number of aromatic nitrogens is 1. The molecule has 1 unspecified atom stereocenters. The van der Waals surface area contributed by atoms with E-state index in [-0.39, 0.29) is 5.91 Å². The molecule has 146 valence electrons. The lowest BCUT2D eigenvalue weighted by molar-refractivity contribution is 0.0569. The fourth-order valence-electron chi connectivity index (χ4n) is 4.15. The fraction of sp³-hybridized carbons (Fsp3) is 0.391. The molecule has 1 fully saturated rings. The molecule has 1 aliphatic rings. The van der Waals surface area contributed by atoms with Gasteiger partial charge < -0.3 is 9.32 Å². The number of benzene rings is 1. The first-order chi connectivity index (χ1) is 13.6. The summed E-state index contributed by atoms with van der Waals surface area (Å²) >= 11 is 0. The summed E-state index contributed by atoms with van der Waals surface area (Å²) in [5.41, 5.74) is 2.84. The zero-order chi connectivity index (χ0) is 19.5. The molecule has 0 radical (unpaired) electrons. The van der Waals surface area contributed by atoms with E-state index in [2.05, 4.69) is 28.9 Å². The molecule has 0 spiro atoms. The minimum Gasteiger partial charge on any atom is -0.461 e. The molecule has 0 N–H and O–H groups in total. The molecule has 5 nitrogen and oxygen atoms in total. The van der Waals surface area contributed by atoms with Crippen LogP contribution >= 0.6 is 0 Å². The van der Waals surface area contributed by atoms with Crippen LogP contribution in [0.25, 0.3) is 11.0 Å². The molecule has 1 saturated heterocycles. The van der Waals surface area contributed by atoms with Crippen molar-refractivity contribution in [3.63, 3.8) is 0 Å². The maximum atomic E-state index is 13.1. The van der Waals surface area contributed by atoms with Gasteiger partial charge in [-0.1, -0.05) is 6.92 Å². The number of fused-ring (bicyclic) bond motifs is 1. The molecule has 0 bridgehead atoms. The van der Waals surface area contributed by atoms with Crippen molar-refractivity contribution in [3.8, 4) is 0 Å². The normalized spacial score (nSPS) is 17.4. The van der Waals surface area contributed by atoms with Gasteiger partial charge in [-0.25, -0.2) is 0 Å². The highest BCUT2D eigenvalue weighted by molar-refractivity contribution is 5.97. The number of furan rings is 1. The number of amides is 1. The average Bonchev–Trinajstić information content (AvgIpc) is 3.11. The second kappa shape index (κ2) is 8.15. The van der Waals surface area contributed by atoms with Crippen LogP contribution in [0.3, 0.4) is 0 Å². The highest BCUT2D eigenvalue weighted by Crippen LogP contribution is 2.23. The predicted octanol–water partition coefficient (Wildman–Crippen LogP) is 4.26. The van der Waals surface area contributed by atoms with Crippen molar-refractivity contribution >= 4 is 16.9 Å². The number of piperidine rings is 1. The van der Waals surface area contributed by atoms with Gasteiger partial charge in [0.1, 0.15) is 11.3 Å². The third-order valence-corrected chi connectivity index (χ3v) is 5.63. The van der Waals surface area contributed by atoms with Gasteiger partial charge in [-0.2, -0.15) is 0 Å². The standard InChI is InChI=1S/C23H27N3O2/c1-3-25(15-18-8-10-24-11-9-18)21-5-4-12-26(16-21)23(27)19-6-7-22-20(14-19)13-17(2)28-22/h6-11,13-14,21H,3-5,12,15-16H2,1-2H3. The Morgan fingerprint density at radius 3 is 2.86 bits per heavy atom. The van der Waals surface area contributed by atoms with Crippen LogP contribution in [0.1, 0.15) is 41.4 Å². The molecule has 28 heavy (non-hydrogen) atoms. The van der Waals surface area contributed by atoms with Gasteiger partial charge in [-0.05, 0) is 68.3 Å². The number of likely N-dealkylation sites (tertiary alicyclic amines) is 1. The summed E-state index contributed by atoms with van der Waals surface area (Å²) in [5, 5.41) is 0.991. The lowest BCUT2D eigenvalue weighted by Crippen LogP contribution is -2.49. The van der Waals surface area contributed by atoms with Gasteiger partial charge in [-0.15, -0.1) is 0 Å². The third kappa shape index (κ3) is 3.94. The van der Waals surface area contributed by atoms with Crippen molar-refractivity contribution in [1.29, 1.82) is 0 Å². The predicted molar refractivity (Wildman–Crippen MR) is 110 cm³/mol. The smallest absolute Gasteiger partial charge is 0.253 e. The first-order valence-corrected chi connectivity index (χ1v) is 10.1. The minimum absolute atomic E-state index is 0.116. The van der Waals surface area contributed by atoms with Crippen LogP contribution < -0.4 is 0 Å². The SMILES string of the molecule is CCN(Cc1ccncc1)C1CCCN(C(=O)c2ccc3oc(C)cc3c2)C1. The first-order valence-electron chi connectivity index (χ1n) is 10.1. The summed E-state index contributed by atoms with van der Waals surface area (Å²) in [6.45, 7) is 7.59. The second-order valence-electron chi connectivity index (χ2n) is 7.58. The Morgan fingerprint density at radius 2 is 2.07 bits per heavy atom. The Kier molecular flexibility index (Phi) is 5.44. The quantitative estimate of drug-likeness (QED) is 0.666. The number of rotatable bonds is 5. The highest BCUT2D eigenvalue weighted by atomic mass is 16.3. The van der Waals surface area contributed by atoms with Crippen LogP contribution in [0.15, 0.2) is 53.2 Å². The van der Waals surface area contributed by atoms with Crippen LogP contribution in [0.2, 0.25) is 0 Å². The van der Waals surface area contributed by atoms with Gasteiger partial charge in [0.05, 0.1) is 0 Å². The lowest BCUT2D eigenvalue weighted by Gasteiger charge is -2.39. The number of aryl methyl sites for hydroxylation is 1. The highest BCUT2D eigenvalue weighted by Gasteiger charge is 2.28. The zero-order valence-electron chi connectivity index (χ0n) is 16.6. The van der Waals surface area contributed by atoms with E-state index in [1.807, 2.05) is 48.5 Å². The number of pyridine rings is 1. The van der Waals surface area contributed by atoms with Gasteiger partial charge in [-0.3, -0.25) is 14.7 Å². The van der Waals surface area contributed by atoms with Crippen molar-refractivity contribution < 1.29 is 9.21 Å². The van der Waals surface area contributed by atoms with E-state index in [1.54, 1.807) is 0 Å². The van der Waals surface area contributed by atoms with E-state index >= 15 is 0 Å². The summed E-state index contributed by atoms with van der Waals surface area (Å²) in [7, 11) is 0. The van der Waals surface area contributed by atoms with Crippen LogP contribution in [-0.4, -0.2) is 46.4 Å². The summed E-state index contributed by atoms with van der Waals surface area (Å²) in [6, 6.07) is 12.2. The number of carbonyl (C=O) groups is 1. The van der Waals surface area contributed by atoms with Crippen LogP contribution in [-0.2, 0) is 6.54 Å². The molecular weight excluding hydrogens is 350 g/mol. The van der Waals surface area contributed by atoms with Gasteiger partial charge in [0, 0.05) is 49.0 Å². The Morgan fingerprint density at radius 1 is 1.25 bits per heavy atom. The van der Waals surface area contributed by atoms with Crippen molar-refractivity contribution in [3.05, 3.63) is 65.7 Å². The van der Waals surface area contributed by atoms with Crippen molar-refractivity contribution in [2.75, 3.05) is 19.6 Å². The molecule has 3 heterocycles. The molecule has 1 aliphatic heterocycles. The Bertz CT molecular complexity index is 951. The molecule has 0 aliphatic carbocycles. The first kappa shape index (κ1) is 18.7. The van der Waals surface area contributed by atoms with Gasteiger partial charge in [0.15, 0.2) is 0 Å². The monoisotopic (exact) mass is 377 g/mol. The van der Waals surface area contributed by atoms with Gasteiger partial charge in [0.25, 0.3) is 5.91 Å². The summed E-state index contributed by atoms with van der Waals surface area (Å²) < 4.78 is 5.63. The maximum absolute atomic E-state index is 13.1. The molecule has 1 atom stereocenters. The number of hydrogen-bond donors (Lipinski definition) is 0. The molecule has 1 amide bonds. The Labute approximate surface area is 166 Å². The minimum atomic E-state index is 0.116. The second-order valence-corrected chi connectivity index (χ2v) is 7.58. The van der Waals surface area contributed by atoms with E-state index in [4.69, 9.17) is 4.42 Å². The third-order valence-electron chi connectivity index (χ3n) is 5.63. The number of likely N-dealkylation sites (N-methyl/N-ethyl adjacent to an activating group) is 1. The van der Waals surface area contributed by atoms with Crippen molar-refractivity contribution in [2.45, 2.75) is 39.3 Å². The van der Waals surface area contributed by atoms with E-state index in [1.165, 1.54) is 5.56 Å². The van der Waals surface area contributed by atoms with Gasteiger partial charge in [0.2, 0.25) is 0 Å². The summed E-state index contributed by atoms with van der Waals surface area (Å²) in [6.07, 6.45) is 5.85. The molecule has 2 aromatic heterocycles. The molecule has 5 heteroatoms. The molecule has 4 rings (SSSR count). The Balaban J connectivity index is 1.47. The maximum Gasteiger partial charge on any atom is 0.253 e. The number of hydrogen-bond acceptors (Lipinski definition) is 4. The fourth-order valence-corrected chi connectivity index (χ4v) is 4.15. The van der Waals surface area contributed by atoms with Crippen molar-refractivity contribution in [2.24, 2.45) is 0 Å². The summed E-state index contributed by atoms with van der Waals surface area (Å²) in [4.78, 5) is 21.7. The summed E-state index contributed by atoms with van der Waals surface area (Å²) in [5.74, 6) is 0.984. The molecule has 1 aromatic carbocycles. The number of carbonyl (C=O) groups excluding carboxylic acids is 1. The van der Waals surface area contributed by atoms with E-state index < -0.39 is 0 Å². The van der Waals surface area contributed by atoms with Gasteiger partial charge >= 0.3 is 0 Å². The van der Waals surface area contributed by atoms with Crippen molar-refractivity contribution in [1.82, 2.24) is 14.8 Å². The number of nitrogens with zero attached hydrogens (tertiary/aromatic N) is 3. The zero-order valence-corrected chi connectivity index (χ0v) is 16.6. The van der Waals surface area contributed by atoms with Crippen LogP contribution in [0.5, 0.6) is 0 Å². The average molecular weight is 377 g/mol. The molecular formula is C23H27N3O2. The lowest BCUT2D eigenvalue weighted by atomic mass is 10.0. The molecule has 3 aromatic rings.